The Bertz CT molecular complexity index is 264. The van der Waals surface area contributed by atoms with Gasteiger partial charge in [0.15, 0.2) is 6.10 Å². The molecule has 0 spiro atoms. The van der Waals surface area contributed by atoms with E-state index in [2.05, 4.69) is 22.6 Å². The number of hydrazone groups is 1. The van der Waals surface area contributed by atoms with Crippen LogP contribution in [0.2, 0.25) is 0 Å². The molecule has 0 aliphatic carbocycles. The first-order valence-electron chi connectivity index (χ1n) is 4.46. The van der Waals surface area contributed by atoms with Gasteiger partial charge in [0, 0.05) is 6.54 Å². The molecule has 1 N–H and O–H groups in total. The number of hydrogen-bond acceptors (Lipinski definition) is 4. The molecule has 2 rings (SSSR count). The van der Waals surface area contributed by atoms with Crippen LogP contribution in [0.5, 0.6) is 0 Å². The van der Waals surface area contributed by atoms with Crippen molar-refractivity contribution in [2.45, 2.75) is 19.4 Å². The summed E-state index contributed by atoms with van der Waals surface area (Å²) in [4.78, 5) is 5.22. The molecule has 2 atom stereocenters. The lowest BCUT2D eigenvalue weighted by atomic mass is 9.93. The predicted molar refractivity (Wildman–Crippen MR) is 52.2 cm³/mol. The smallest absolute Gasteiger partial charge is 0.151 e. The lowest BCUT2D eigenvalue weighted by Gasteiger charge is -2.21. The highest BCUT2D eigenvalue weighted by Crippen LogP contribution is 2.22. The first-order valence-corrected chi connectivity index (χ1v) is 4.99. The Kier molecular flexibility index (Phi) is 2.40. The van der Waals surface area contributed by atoms with Crippen LogP contribution in [0.15, 0.2) is 10.3 Å². The molecular weight excluding hydrogens is 190 g/mol. The van der Waals surface area contributed by atoms with Crippen molar-refractivity contribution in [1.29, 1.82) is 0 Å². The Balaban J connectivity index is 2.19. The molecule has 0 saturated carbocycles. The quantitative estimate of drug-likeness (QED) is 0.677. The van der Waals surface area contributed by atoms with Crippen LogP contribution in [0.25, 0.3) is 0 Å². The van der Waals surface area contributed by atoms with Crippen molar-refractivity contribution in [3.05, 3.63) is 0 Å². The Morgan fingerprint density at radius 3 is 3.23 bits per heavy atom. The molecule has 13 heavy (non-hydrogen) atoms. The Morgan fingerprint density at radius 2 is 2.54 bits per heavy atom. The van der Waals surface area contributed by atoms with Gasteiger partial charge in [0.1, 0.15) is 5.71 Å². The van der Waals surface area contributed by atoms with Crippen LogP contribution in [-0.4, -0.2) is 30.0 Å². The van der Waals surface area contributed by atoms with E-state index in [1.165, 1.54) is 0 Å². The number of halogens is 1. The normalized spacial score (nSPS) is 31.2. The summed E-state index contributed by atoms with van der Waals surface area (Å²) in [5.41, 5.74) is 4.96. The fourth-order valence-electron chi connectivity index (χ4n) is 1.63. The van der Waals surface area contributed by atoms with Gasteiger partial charge < -0.3 is 10.3 Å². The zero-order valence-electron chi connectivity index (χ0n) is 7.46. The van der Waals surface area contributed by atoms with Crippen LogP contribution in [0.1, 0.15) is 13.3 Å². The molecule has 0 fully saturated rings. The van der Waals surface area contributed by atoms with Gasteiger partial charge in [-0.1, -0.05) is 12.1 Å². The summed E-state index contributed by atoms with van der Waals surface area (Å²) in [5.74, 6) is 0.765. The Hall–Kier alpha value is -0.770. The minimum atomic E-state index is 0.0150. The average molecular weight is 202 g/mol. The van der Waals surface area contributed by atoms with Crippen LogP contribution in [0, 0.1) is 5.92 Å². The standard InChI is InChI=1S/C8H12ClN3O/c1-2-6-8-5(4-10-11-6)7(3-9)13-12-8/h5,7,10H,2-4H2,1H3. The fourth-order valence-corrected chi connectivity index (χ4v) is 1.90. The number of hydrogen-bond donors (Lipinski definition) is 1. The second-order valence-corrected chi connectivity index (χ2v) is 3.46. The highest BCUT2D eigenvalue weighted by molar-refractivity contribution is 6.43. The number of nitrogens with zero attached hydrogens (tertiary/aromatic N) is 2. The predicted octanol–water partition coefficient (Wildman–Crippen LogP) is 0.965. The van der Waals surface area contributed by atoms with Crippen LogP contribution in [-0.2, 0) is 4.84 Å². The molecule has 0 amide bonds. The molecule has 0 aromatic heterocycles. The third-order valence-corrected chi connectivity index (χ3v) is 2.70. The van der Waals surface area contributed by atoms with Crippen molar-refractivity contribution >= 4 is 23.0 Å². The average Bonchev–Trinajstić information content (AvgIpc) is 2.60. The molecule has 4 nitrogen and oxygen atoms in total. The van der Waals surface area contributed by atoms with Gasteiger partial charge in [-0.05, 0) is 6.42 Å². The topological polar surface area (TPSA) is 46.0 Å². The molecule has 0 aromatic rings. The molecule has 0 bridgehead atoms. The molecule has 0 radical (unpaired) electrons. The van der Waals surface area contributed by atoms with E-state index < -0.39 is 0 Å². The third-order valence-electron chi connectivity index (χ3n) is 2.39. The summed E-state index contributed by atoms with van der Waals surface area (Å²) in [5, 5.41) is 8.20. The fraction of sp³-hybridized carbons (Fsp3) is 0.750. The molecule has 2 unspecified atom stereocenters. The van der Waals surface area contributed by atoms with Crippen LogP contribution in [0.4, 0.5) is 0 Å². The van der Waals surface area contributed by atoms with Gasteiger partial charge in [0.25, 0.3) is 0 Å². The van der Waals surface area contributed by atoms with Crippen LogP contribution < -0.4 is 5.43 Å². The zero-order valence-corrected chi connectivity index (χ0v) is 8.21. The zero-order chi connectivity index (χ0) is 9.26. The minimum Gasteiger partial charge on any atom is -0.390 e. The van der Waals surface area contributed by atoms with Gasteiger partial charge in [0.2, 0.25) is 0 Å². The molecule has 5 heteroatoms. The highest BCUT2D eigenvalue weighted by atomic mass is 35.5. The second kappa shape index (κ2) is 3.54. The van der Waals surface area contributed by atoms with Crippen molar-refractivity contribution in [3.63, 3.8) is 0 Å². The van der Waals surface area contributed by atoms with Gasteiger partial charge in [0.05, 0.1) is 17.5 Å². The van der Waals surface area contributed by atoms with Gasteiger partial charge in [-0.15, -0.1) is 11.6 Å². The van der Waals surface area contributed by atoms with Crippen LogP contribution in [0.3, 0.4) is 0 Å². The van der Waals surface area contributed by atoms with Crippen molar-refractivity contribution < 1.29 is 4.84 Å². The van der Waals surface area contributed by atoms with E-state index in [0.29, 0.717) is 5.88 Å². The summed E-state index contributed by atoms with van der Waals surface area (Å²) in [6.07, 6.45) is 0.891. The van der Waals surface area contributed by atoms with Gasteiger partial charge in [-0.2, -0.15) is 5.10 Å². The third kappa shape index (κ3) is 1.39. The van der Waals surface area contributed by atoms with E-state index in [9.17, 15) is 0 Å². The highest BCUT2D eigenvalue weighted by Gasteiger charge is 2.37. The molecule has 2 aliphatic heterocycles. The number of rotatable bonds is 2. The van der Waals surface area contributed by atoms with Gasteiger partial charge >= 0.3 is 0 Å². The van der Waals surface area contributed by atoms with Crippen molar-refractivity contribution in [2.24, 2.45) is 16.2 Å². The van der Waals surface area contributed by atoms with E-state index in [-0.39, 0.29) is 12.0 Å². The van der Waals surface area contributed by atoms with E-state index in [1.807, 2.05) is 0 Å². The summed E-state index contributed by atoms with van der Waals surface area (Å²) in [7, 11) is 0. The second-order valence-electron chi connectivity index (χ2n) is 3.16. The van der Waals surface area contributed by atoms with Gasteiger partial charge in [-0.25, -0.2) is 0 Å². The van der Waals surface area contributed by atoms with Crippen LogP contribution >= 0.6 is 11.6 Å². The summed E-state index contributed by atoms with van der Waals surface area (Å²) in [6.45, 7) is 2.83. The van der Waals surface area contributed by atoms with Crippen molar-refractivity contribution in [3.8, 4) is 0 Å². The molecule has 2 heterocycles. The molecule has 72 valence electrons. The number of oxime groups is 1. The lowest BCUT2D eigenvalue weighted by Crippen LogP contribution is -2.41. The first-order chi connectivity index (χ1) is 6.36. The maximum absolute atomic E-state index is 5.75. The lowest BCUT2D eigenvalue weighted by molar-refractivity contribution is 0.0785. The van der Waals surface area contributed by atoms with Crippen molar-refractivity contribution in [2.75, 3.05) is 12.4 Å². The maximum Gasteiger partial charge on any atom is 0.151 e. The molecule has 2 aliphatic rings. The van der Waals surface area contributed by atoms with E-state index in [4.69, 9.17) is 16.4 Å². The Morgan fingerprint density at radius 1 is 1.69 bits per heavy atom. The SMILES string of the molecule is CCC1=NNCC2C1=NOC2CCl. The van der Waals surface area contributed by atoms with E-state index in [0.717, 1.165) is 24.4 Å². The monoisotopic (exact) mass is 201 g/mol. The molecule has 0 aromatic carbocycles. The molecular formula is C8H12ClN3O. The van der Waals surface area contributed by atoms with Gasteiger partial charge in [-0.3, -0.25) is 0 Å². The first kappa shape index (κ1) is 8.81. The summed E-state index contributed by atoms with van der Waals surface area (Å²) in [6, 6.07) is 0. The number of nitrogens with one attached hydrogen (secondary N) is 1. The van der Waals surface area contributed by atoms with E-state index in [1.54, 1.807) is 0 Å². The number of fused-ring (bicyclic) bond motifs is 1. The maximum atomic E-state index is 5.75. The number of alkyl halides is 1. The minimum absolute atomic E-state index is 0.0150. The Labute approximate surface area is 82.0 Å². The summed E-state index contributed by atoms with van der Waals surface area (Å²) < 4.78 is 0. The largest absolute Gasteiger partial charge is 0.390 e. The summed E-state index contributed by atoms with van der Waals surface area (Å²) >= 11 is 5.75. The van der Waals surface area contributed by atoms with Crippen molar-refractivity contribution in [1.82, 2.24) is 5.43 Å². The van der Waals surface area contributed by atoms with E-state index >= 15 is 0 Å². The molecule has 0 saturated heterocycles.